The Hall–Kier alpha value is -0.840. The Kier molecular flexibility index (Phi) is 4.80. The molecule has 1 nitrogen and oxygen atoms in total. The van der Waals surface area contributed by atoms with Crippen LogP contribution in [0.15, 0.2) is 51.8 Å². The molecule has 2 rings (SSSR count). The van der Waals surface area contributed by atoms with Gasteiger partial charge in [-0.2, -0.15) is 0 Å². The molecular formula is C14H13BrFNS. The average molecular weight is 326 g/mol. The van der Waals surface area contributed by atoms with Gasteiger partial charge in [0.1, 0.15) is 5.82 Å². The van der Waals surface area contributed by atoms with Crippen molar-refractivity contribution in [3.05, 3.63) is 63.9 Å². The highest BCUT2D eigenvalue weighted by atomic mass is 79.9. The molecule has 94 valence electrons. The van der Waals surface area contributed by atoms with Gasteiger partial charge in [-0.1, -0.05) is 34.1 Å². The van der Waals surface area contributed by atoms with Gasteiger partial charge in [-0.05, 0) is 35.4 Å². The van der Waals surface area contributed by atoms with Gasteiger partial charge in [-0.25, -0.2) is 4.39 Å². The standard InChI is InChI=1S/C14H13BrFNS/c15-12-5-4-11(14(16)7-12)9-18-13-3-1-2-10(6-13)8-17/h1-7H,8-9,17H2. The van der Waals surface area contributed by atoms with Crippen LogP contribution in [0.4, 0.5) is 4.39 Å². The monoisotopic (exact) mass is 325 g/mol. The summed E-state index contributed by atoms with van der Waals surface area (Å²) < 4.78 is 14.4. The Morgan fingerprint density at radius 1 is 1.17 bits per heavy atom. The molecule has 0 aromatic heterocycles. The van der Waals surface area contributed by atoms with Crippen LogP contribution in [0.3, 0.4) is 0 Å². The highest BCUT2D eigenvalue weighted by Gasteiger charge is 2.04. The zero-order valence-electron chi connectivity index (χ0n) is 9.70. The predicted molar refractivity (Wildman–Crippen MR) is 78.0 cm³/mol. The van der Waals surface area contributed by atoms with Crippen molar-refractivity contribution in [3.8, 4) is 0 Å². The van der Waals surface area contributed by atoms with Crippen LogP contribution in [0.1, 0.15) is 11.1 Å². The van der Waals surface area contributed by atoms with E-state index < -0.39 is 0 Å². The quantitative estimate of drug-likeness (QED) is 0.846. The molecule has 2 aromatic rings. The predicted octanol–water partition coefficient (Wildman–Crippen LogP) is 4.34. The lowest BCUT2D eigenvalue weighted by Gasteiger charge is -2.05. The normalized spacial score (nSPS) is 10.6. The van der Waals surface area contributed by atoms with Gasteiger partial charge in [0.25, 0.3) is 0 Å². The van der Waals surface area contributed by atoms with Gasteiger partial charge in [-0.15, -0.1) is 11.8 Å². The van der Waals surface area contributed by atoms with Crippen molar-refractivity contribution in [1.82, 2.24) is 0 Å². The highest BCUT2D eigenvalue weighted by molar-refractivity contribution is 9.10. The minimum Gasteiger partial charge on any atom is -0.326 e. The minimum absolute atomic E-state index is 0.174. The van der Waals surface area contributed by atoms with Crippen molar-refractivity contribution in [1.29, 1.82) is 0 Å². The molecule has 0 amide bonds. The molecule has 0 spiro atoms. The third-order valence-corrected chi connectivity index (χ3v) is 4.08. The Morgan fingerprint density at radius 3 is 2.72 bits per heavy atom. The second-order valence-electron chi connectivity index (χ2n) is 3.88. The minimum atomic E-state index is -0.174. The molecule has 18 heavy (non-hydrogen) atoms. The van der Waals surface area contributed by atoms with Crippen molar-refractivity contribution < 1.29 is 4.39 Å². The van der Waals surface area contributed by atoms with Crippen LogP contribution in [0, 0.1) is 5.82 Å². The van der Waals surface area contributed by atoms with Crippen LogP contribution in [0.25, 0.3) is 0 Å². The number of hydrogen-bond acceptors (Lipinski definition) is 2. The van der Waals surface area contributed by atoms with E-state index in [1.54, 1.807) is 17.8 Å². The summed E-state index contributed by atoms with van der Waals surface area (Å²) in [6, 6.07) is 13.2. The molecule has 0 atom stereocenters. The summed E-state index contributed by atoms with van der Waals surface area (Å²) >= 11 is 4.86. The van der Waals surface area contributed by atoms with Gasteiger partial charge in [0.2, 0.25) is 0 Å². The van der Waals surface area contributed by atoms with Crippen molar-refractivity contribution in [2.24, 2.45) is 5.73 Å². The van der Waals surface area contributed by atoms with E-state index in [0.29, 0.717) is 17.9 Å². The van der Waals surface area contributed by atoms with Crippen molar-refractivity contribution >= 4 is 27.7 Å². The Labute approximate surface area is 119 Å². The van der Waals surface area contributed by atoms with E-state index in [2.05, 4.69) is 15.9 Å². The van der Waals surface area contributed by atoms with Gasteiger partial charge in [-0.3, -0.25) is 0 Å². The molecule has 0 fully saturated rings. The van der Waals surface area contributed by atoms with E-state index in [1.807, 2.05) is 30.3 Å². The molecule has 0 aliphatic rings. The van der Waals surface area contributed by atoms with E-state index in [4.69, 9.17) is 5.73 Å². The summed E-state index contributed by atoms with van der Waals surface area (Å²) in [5, 5.41) is 0. The zero-order chi connectivity index (χ0) is 13.0. The summed E-state index contributed by atoms with van der Waals surface area (Å²) in [7, 11) is 0. The van der Waals surface area contributed by atoms with Gasteiger partial charge in [0.15, 0.2) is 0 Å². The summed E-state index contributed by atoms with van der Waals surface area (Å²) in [5.41, 5.74) is 7.40. The molecule has 0 aliphatic heterocycles. The lowest BCUT2D eigenvalue weighted by Crippen LogP contribution is -1.95. The van der Waals surface area contributed by atoms with E-state index >= 15 is 0 Å². The zero-order valence-corrected chi connectivity index (χ0v) is 12.1. The van der Waals surface area contributed by atoms with E-state index in [9.17, 15) is 4.39 Å². The number of thioether (sulfide) groups is 1. The molecular weight excluding hydrogens is 313 g/mol. The molecule has 0 saturated heterocycles. The third kappa shape index (κ3) is 3.57. The second-order valence-corrected chi connectivity index (χ2v) is 5.84. The molecule has 0 saturated carbocycles. The average Bonchev–Trinajstić information content (AvgIpc) is 2.38. The van der Waals surface area contributed by atoms with Gasteiger partial charge >= 0.3 is 0 Å². The van der Waals surface area contributed by atoms with Crippen LogP contribution in [0.2, 0.25) is 0 Å². The smallest absolute Gasteiger partial charge is 0.128 e. The van der Waals surface area contributed by atoms with Gasteiger partial charge in [0.05, 0.1) is 0 Å². The lowest BCUT2D eigenvalue weighted by molar-refractivity contribution is 0.616. The number of hydrogen-bond donors (Lipinski definition) is 1. The molecule has 2 aromatic carbocycles. The fourth-order valence-electron chi connectivity index (χ4n) is 1.56. The molecule has 4 heteroatoms. The fraction of sp³-hybridized carbons (Fsp3) is 0.143. The van der Waals surface area contributed by atoms with Crippen LogP contribution >= 0.6 is 27.7 Å². The summed E-state index contributed by atoms with van der Waals surface area (Å²) in [4.78, 5) is 1.11. The molecule has 0 bridgehead atoms. The van der Waals surface area contributed by atoms with Gasteiger partial charge < -0.3 is 5.73 Å². The molecule has 0 aliphatic carbocycles. The van der Waals surface area contributed by atoms with Crippen LogP contribution in [0.5, 0.6) is 0 Å². The maximum absolute atomic E-state index is 13.6. The van der Waals surface area contributed by atoms with Crippen molar-refractivity contribution in [2.45, 2.75) is 17.2 Å². The first kappa shape index (κ1) is 13.6. The number of halogens is 2. The highest BCUT2D eigenvalue weighted by Crippen LogP contribution is 2.26. The second kappa shape index (κ2) is 6.36. The largest absolute Gasteiger partial charge is 0.326 e. The Morgan fingerprint density at radius 2 is 2.00 bits per heavy atom. The maximum Gasteiger partial charge on any atom is 0.128 e. The van der Waals surface area contributed by atoms with E-state index in [1.165, 1.54) is 6.07 Å². The summed E-state index contributed by atoms with van der Waals surface area (Å²) in [5.74, 6) is 0.444. The van der Waals surface area contributed by atoms with Crippen LogP contribution < -0.4 is 5.73 Å². The SMILES string of the molecule is NCc1cccc(SCc2ccc(Br)cc2F)c1. The maximum atomic E-state index is 13.6. The van der Waals surface area contributed by atoms with Crippen molar-refractivity contribution in [2.75, 3.05) is 0 Å². The van der Waals surface area contributed by atoms with Crippen molar-refractivity contribution in [3.63, 3.8) is 0 Å². The lowest BCUT2D eigenvalue weighted by atomic mass is 10.2. The topological polar surface area (TPSA) is 26.0 Å². The summed E-state index contributed by atoms with van der Waals surface area (Å²) in [6.45, 7) is 0.529. The van der Waals surface area contributed by atoms with Crippen LogP contribution in [-0.4, -0.2) is 0 Å². The third-order valence-electron chi connectivity index (χ3n) is 2.54. The van der Waals surface area contributed by atoms with Crippen LogP contribution in [-0.2, 0) is 12.3 Å². The first-order valence-electron chi connectivity index (χ1n) is 5.55. The number of nitrogens with two attached hydrogens (primary N) is 1. The van der Waals surface area contributed by atoms with Gasteiger partial charge in [0, 0.05) is 21.7 Å². The molecule has 2 N–H and O–H groups in total. The number of benzene rings is 2. The van der Waals surface area contributed by atoms with E-state index in [0.717, 1.165) is 14.9 Å². The fourth-order valence-corrected chi connectivity index (χ4v) is 2.86. The first-order valence-corrected chi connectivity index (χ1v) is 7.32. The molecule has 0 unspecified atom stereocenters. The Bertz CT molecular complexity index is 545. The first-order chi connectivity index (χ1) is 8.69. The number of rotatable bonds is 4. The Balaban J connectivity index is 2.06. The molecule has 0 radical (unpaired) electrons. The van der Waals surface area contributed by atoms with E-state index in [-0.39, 0.29) is 5.82 Å². The molecule has 0 heterocycles. The summed E-state index contributed by atoms with van der Waals surface area (Å²) in [6.07, 6.45) is 0.